The van der Waals surface area contributed by atoms with E-state index in [-0.39, 0.29) is 12.2 Å². The Kier molecular flexibility index (Phi) is 5.97. The minimum atomic E-state index is -1.02. The zero-order chi connectivity index (χ0) is 18.6. The highest BCUT2D eigenvalue weighted by Crippen LogP contribution is 2.34. The fourth-order valence-corrected chi connectivity index (χ4v) is 3.26. The van der Waals surface area contributed by atoms with E-state index in [1.807, 2.05) is 0 Å². The van der Waals surface area contributed by atoms with E-state index in [9.17, 15) is 9.59 Å². The lowest BCUT2D eigenvalue weighted by atomic mass is 9.98. The van der Waals surface area contributed by atoms with Crippen LogP contribution in [0.4, 0.5) is 0 Å². The highest BCUT2D eigenvalue weighted by atomic mass is 32.1. The van der Waals surface area contributed by atoms with Crippen LogP contribution in [0.15, 0.2) is 24.5 Å². The fourth-order valence-electron chi connectivity index (χ4n) is 2.26. The molecule has 0 aliphatic heterocycles. The Morgan fingerprint density at radius 1 is 1.16 bits per heavy atom. The number of hydrogen-bond acceptors (Lipinski definition) is 8. The second-order valence-electron chi connectivity index (χ2n) is 5.09. The maximum atomic E-state index is 12.8. The summed E-state index contributed by atoms with van der Waals surface area (Å²) in [6.45, 7) is 3.67. The number of methoxy groups -OCH3 is 4. The smallest absolute Gasteiger partial charge is 0.317 e. The standard InChI is InChI=1S/C17H19NO6S/c1-9(21-2)6-11(17(20)24-5)14(19)13-8-10-7-12(22-3)15(23-4)18-16(10)25-13/h7-8,11H,1,6H2,2-5H3. The van der Waals surface area contributed by atoms with Gasteiger partial charge in [-0.2, -0.15) is 4.98 Å². The Balaban J connectivity index is 2.42. The fraction of sp³-hybridized carbons (Fsp3) is 0.353. The summed E-state index contributed by atoms with van der Waals surface area (Å²) >= 11 is 1.17. The van der Waals surface area contributed by atoms with Gasteiger partial charge in [-0.3, -0.25) is 9.59 Å². The number of esters is 1. The number of thiophene rings is 1. The number of fused-ring (bicyclic) bond motifs is 1. The molecule has 7 nitrogen and oxygen atoms in total. The number of hydrogen-bond donors (Lipinski definition) is 0. The zero-order valence-electron chi connectivity index (χ0n) is 14.5. The predicted molar refractivity (Wildman–Crippen MR) is 93.3 cm³/mol. The third-order valence-corrected chi connectivity index (χ3v) is 4.68. The minimum absolute atomic E-state index is 0.0519. The summed E-state index contributed by atoms with van der Waals surface area (Å²) in [4.78, 5) is 30.1. The van der Waals surface area contributed by atoms with Gasteiger partial charge in [0.05, 0.1) is 39.1 Å². The quantitative estimate of drug-likeness (QED) is 0.308. The zero-order valence-corrected chi connectivity index (χ0v) is 15.3. The topological polar surface area (TPSA) is 84.0 Å². The summed E-state index contributed by atoms with van der Waals surface area (Å²) in [6.07, 6.45) is 0.0519. The van der Waals surface area contributed by atoms with Crippen molar-refractivity contribution in [2.45, 2.75) is 6.42 Å². The van der Waals surface area contributed by atoms with Crippen LogP contribution >= 0.6 is 11.3 Å². The van der Waals surface area contributed by atoms with Gasteiger partial charge in [0, 0.05) is 11.8 Å². The molecule has 0 amide bonds. The van der Waals surface area contributed by atoms with Crippen molar-refractivity contribution in [3.05, 3.63) is 29.3 Å². The monoisotopic (exact) mass is 365 g/mol. The van der Waals surface area contributed by atoms with Crippen LogP contribution in [0.2, 0.25) is 0 Å². The Bertz CT molecular complexity index is 772. The van der Waals surface area contributed by atoms with Crippen LogP contribution in [-0.4, -0.2) is 45.2 Å². The molecule has 0 aliphatic carbocycles. The lowest BCUT2D eigenvalue weighted by Gasteiger charge is -2.13. The van der Waals surface area contributed by atoms with Crippen molar-refractivity contribution in [2.75, 3.05) is 28.4 Å². The Labute approximate surface area is 149 Å². The third-order valence-electron chi connectivity index (χ3n) is 3.62. The number of carbonyl (C=O) groups excluding carboxylic acids is 2. The normalized spacial score (nSPS) is 11.7. The van der Waals surface area contributed by atoms with Crippen molar-refractivity contribution in [2.24, 2.45) is 5.92 Å². The number of aromatic nitrogens is 1. The summed E-state index contributed by atoms with van der Waals surface area (Å²) < 4.78 is 20.1. The molecule has 1 atom stereocenters. The van der Waals surface area contributed by atoms with Crippen LogP contribution < -0.4 is 9.47 Å². The van der Waals surface area contributed by atoms with Crippen LogP contribution in [0.3, 0.4) is 0 Å². The molecule has 134 valence electrons. The van der Waals surface area contributed by atoms with Gasteiger partial charge >= 0.3 is 5.97 Å². The molecule has 2 heterocycles. The predicted octanol–water partition coefficient (Wildman–Crippen LogP) is 2.84. The number of carbonyl (C=O) groups is 2. The average Bonchev–Trinajstić information content (AvgIpc) is 3.06. The summed E-state index contributed by atoms with van der Waals surface area (Å²) in [5.74, 6) is -0.910. The van der Waals surface area contributed by atoms with Crippen LogP contribution in [0, 0.1) is 5.92 Å². The second-order valence-corrected chi connectivity index (χ2v) is 6.12. The molecule has 1 unspecified atom stereocenters. The average molecular weight is 365 g/mol. The van der Waals surface area contributed by atoms with Crippen molar-refractivity contribution in [3.63, 3.8) is 0 Å². The van der Waals surface area contributed by atoms with E-state index in [1.165, 1.54) is 39.8 Å². The Hall–Kier alpha value is -2.61. The first-order valence-electron chi connectivity index (χ1n) is 7.31. The van der Waals surface area contributed by atoms with Crippen LogP contribution in [0.5, 0.6) is 11.6 Å². The lowest BCUT2D eigenvalue weighted by Crippen LogP contribution is -2.25. The van der Waals surface area contributed by atoms with Crippen LogP contribution in [-0.2, 0) is 14.3 Å². The number of pyridine rings is 1. The molecule has 2 aromatic heterocycles. The van der Waals surface area contributed by atoms with Gasteiger partial charge < -0.3 is 18.9 Å². The van der Waals surface area contributed by atoms with Crippen molar-refractivity contribution < 1.29 is 28.5 Å². The molecule has 0 N–H and O–H groups in total. The number of allylic oxidation sites excluding steroid dienone is 1. The van der Waals surface area contributed by atoms with E-state index >= 15 is 0 Å². The minimum Gasteiger partial charge on any atom is -0.502 e. The summed E-state index contributed by atoms with van der Waals surface area (Å²) in [6, 6.07) is 3.40. The van der Waals surface area contributed by atoms with Gasteiger partial charge in [-0.05, 0) is 12.1 Å². The van der Waals surface area contributed by atoms with Gasteiger partial charge in [0.1, 0.15) is 10.7 Å². The molecule has 0 spiro atoms. The van der Waals surface area contributed by atoms with Crippen LogP contribution in [0.1, 0.15) is 16.1 Å². The molecule has 8 heteroatoms. The first-order valence-corrected chi connectivity index (χ1v) is 8.13. The number of nitrogens with zero attached hydrogens (tertiary/aromatic N) is 1. The Morgan fingerprint density at radius 2 is 1.88 bits per heavy atom. The van der Waals surface area contributed by atoms with Crippen molar-refractivity contribution in [1.29, 1.82) is 0 Å². The molecular weight excluding hydrogens is 346 g/mol. The number of ether oxygens (including phenoxy) is 4. The van der Waals surface area contributed by atoms with Gasteiger partial charge in [0.25, 0.3) is 5.88 Å². The van der Waals surface area contributed by atoms with Crippen LogP contribution in [0.25, 0.3) is 10.2 Å². The van der Waals surface area contributed by atoms with E-state index < -0.39 is 11.9 Å². The van der Waals surface area contributed by atoms with E-state index in [2.05, 4.69) is 11.6 Å². The molecule has 0 aromatic carbocycles. The molecule has 0 aliphatic rings. The summed E-state index contributed by atoms with van der Waals surface area (Å²) in [5, 5.41) is 0.722. The molecule has 2 aromatic rings. The first-order chi connectivity index (χ1) is 11.9. The molecule has 25 heavy (non-hydrogen) atoms. The van der Waals surface area contributed by atoms with E-state index in [0.717, 1.165) is 5.39 Å². The maximum Gasteiger partial charge on any atom is 0.317 e. The summed E-state index contributed by atoms with van der Waals surface area (Å²) in [7, 11) is 5.66. The van der Waals surface area contributed by atoms with Gasteiger partial charge in [-0.15, -0.1) is 11.3 Å². The maximum absolute atomic E-state index is 12.8. The Morgan fingerprint density at radius 3 is 2.44 bits per heavy atom. The van der Waals surface area contributed by atoms with E-state index in [0.29, 0.717) is 27.1 Å². The number of rotatable bonds is 8. The third kappa shape index (κ3) is 3.90. The van der Waals surface area contributed by atoms with Crippen molar-refractivity contribution >= 4 is 33.3 Å². The van der Waals surface area contributed by atoms with E-state index in [4.69, 9.17) is 18.9 Å². The molecule has 0 saturated heterocycles. The number of Topliss-reactive ketones (excluding diaryl/α,β-unsaturated/α-hetero) is 1. The molecule has 0 radical (unpaired) electrons. The molecule has 2 rings (SSSR count). The first kappa shape index (κ1) is 18.7. The summed E-state index contributed by atoms with van der Waals surface area (Å²) in [5.41, 5.74) is 0. The largest absolute Gasteiger partial charge is 0.502 e. The van der Waals surface area contributed by atoms with Gasteiger partial charge in [-0.25, -0.2) is 0 Å². The van der Waals surface area contributed by atoms with E-state index in [1.54, 1.807) is 12.1 Å². The van der Waals surface area contributed by atoms with Crippen molar-refractivity contribution in [3.8, 4) is 11.6 Å². The second kappa shape index (κ2) is 7.98. The van der Waals surface area contributed by atoms with Gasteiger partial charge in [0.15, 0.2) is 11.5 Å². The SMILES string of the molecule is C=C(CC(C(=O)OC)C(=O)c1cc2cc(OC)c(OC)nc2s1)OC. The molecule has 0 saturated carbocycles. The molecule has 0 fully saturated rings. The van der Waals surface area contributed by atoms with Gasteiger partial charge in [-0.1, -0.05) is 6.58 Å². The molecular formula is C17H19NO6S. The molecule has 0 bridgehead atoms. The number of ketones is 1. The van der Waals surface area contributed by atoms with Crippen molar-refractivity contribution in [1.82, 2.24) is 4.98 Å². The van der Waals surface area contributed by atoms with Gasteiger partial charge in [0.2, 0.25) is 0 Å². The highest BCUT2D eigenvalue weighted by Gasteiger charge is 2.31. The lowest BCUT2D eigenvalue weighted by molar-refractivity contribution is -0.143. The highest BCUT2D eigenvalue weighted by molar-refractivity contribution is 7.20.